The predicted molar refractivity (Wildman–Crippen MR) is 98.7 cm³/mol. The van der Waals surface area contributed by atoms with E-state index in [9.17, 15) is 14.7 Å². The Labute approximate surface area is 150 Å². The first-order valence-electron chi connectivity index (χ1n) is 8.79. The lowest BCUT2D eigenvalue weighted by molar-refractivity contribution is -0.121. The third kappa shape index (κ3) is 3.97. The minimum Gasteiger partial charge on any atom is -0.507 e. The quantitative estimate of drug-likeness (QED) is 0.863. The van der Waals surface area contributed by atoms with Gasteiger partial charge in [-0.15, -0.1) is 0 Å². The molecule has 0 spiro atoms. The molecule has 25 heavy (non-hydrogen) atoms. The van der Waals surface area contributed by atoms with E-state index in [1.165, 1.54) is 0 Å². The van der Waals surface area contributed by atoms with Crippen LogP contribution in [0.3, 0.4) is 0 Å². The Morgan fingerprint density at radius 3 is 1.92 bits per heavy atom. The zero-order chi connectivity index (χ0) is 19.2. The van der Waals surface area contributed by atoms with Crippen LogP contribution in [-0.4, -0.2) is 34.9 Å². The molecule has 0 bridgehead atoms. The van der Waals surface area contributed by atoms with E-state index in [2.05, 4.69) is 0 Å². The van der Waals surface area contributed by atoms with E-state index >= 15 is 0 Å². The average molecular weight is 346 g/mol. The Bertz CT molecular complexity index is 661. The van der Waals surface area contributed by atoms with E-state index in [0.717, 1.165) is 11.1 Å². The van der Waals surface area contributed by atoms with E-state index < -0.39 is 0 Å². The summed E-state index contributed by atoms with van der Waals surface area (Å²) in [5.41, 5.74) is 6.86. The summed E-state index contributed by atoms with van der Waals surface area (Å²) in [5, 5.41) is 10.8. The number of phenols is 1. The smallest absolute Gasteiger partial charge is 0.253 e. The van der Waals surface area contributed by atoms with Crippen molar-refractivity contribution in [3.05, 3.63) is 28.8 Å². The molecule has 1 aliphatic heterocycles. The van der Waals surface area contributed by atoms with Gasteiger partial charge in [-0.2, -0.15) is 0 Å². The molecule has 1 aliphatic rings. The lowest BCUT2D eigenvalue weighted by atomic mass is 9.78. The molecular formula is C20H30N2O3. The maximum atomic E-state index is 13.0. The van der Waals surface area contributed by atoms with Gasteiger partial charge < -0.3 is 15.7 Å². The average Bonchev–Trinajstić information content (AvgIpc) is 2.94. The molecule has 1 saturated heterocycles. The zero-order valence-electron chi connectivity index (χ0n) is 16.1. The molecule has 1 aromatic carbocycles. The summed E-state index contributed by atoms with van der Waals surface area (Å²) in [6.07, 6.45) is 0.609. The second-order valence-corrected chi connectivity index (χ2v) is 9.06. The highest BCUT2D eigenvalue weighted by atomic mass is 16.3. The number of amides is 2. The van der Waals surface area contributed by atoms with Crippen molar-refractivity contribution in [2.24, 2.45) is 11.7 Å². The summed E-state index contributed by atoms with van der Waals surface area (Å²) in [6.45, 7) is 13.0. The number of benzene rings is 1. The fourth-order valence-electron chi connectivity index (χ4n) is 3.26. The molecule has 1 aromatic rings. The van der Waals surface area contributed by atoms with Crippen molar-refractivity contribution in [1.29, 1.82) is 0 Å². The van der Waals surface area contributed by atoms with Crippen molar-refractivity contribution in [2.75, 3.05) is 13.1 Å². The Morgan fingerprint density at radius 2 is 1.56 bits per heavy atom. The van der Waals surface area contributed by atoms with Crippen molar-refractivity contribution in [2.45, 2.75) is 58.8 Å². The number of primary amides is 1. The van der Waals surface area contributed by atoms with Gasteiger partial charge in [-0.25, -0.2) is 0 Å². The number of hydrogen-bond acceptors (Lipinski definition) is 3. The van der Waals surface area contributed by atoms with E-state index in [1.807, 2.05) is 41.5 Å². The molecule has 0 radical (unpaired) electrons. The van der Waals surface area contributed by atoms with Crippen LogP contribution in [0.15, 0.2) is 12.1 Å². The SMILES string of the molecule is CC(C)(C)c1cc(C(=O)N2CCC(C(N)=O)C2)cc(C(C)(C)C)c1O. The molecule has 1 heterocycles. The van der Waals surface area contributed by atoms with Crippen LogP contribution < -0.4 is 5.73 Å². The second-order valence-electron chi connectivity index (χ2n) is 9.06. The van der Waals surface area contributed by atoms with Crippen LogP contribution in [0, 0.1) is 5.92 Å². The number of nitrogens with two attached hydrogens (primary N) is 1. The van der Waals surface area contributed by atoms with Crippen LogP contribution in [0.25, 0.3) is 0 Å². The number of phenolic OH excluding ortho intramolecular Hbond substituents is 1. The zero-order valence-corrected chi connectivity index (χ0v) is 16.1. The molecule has 0 aromatic heterocycles. The standard InChI is InChI=1S/C20H30N2O3/c1-19(2,3)14-9-13(10-15(16(14)23)20(4,5)6)18(25)22-8-7-12(11-22)17(21)24/h9-10,12,23H,7-8,11H2,1-6H3,(H2,21,24). The van der Waals surface area contributed by atoms with Crippen LogP contribution in [0.1, 0.15) is 69.4 Å². The van der Waals surface area contributed by atoms with Crippen LogP contribution in [-0.2, 0) is 15.6 Å². The highest BCUT2D eigenvalue weighted by Crippen LogP contribution is 2.40. The molecule has 2 rings (SSSR count). The summed E-state index contributed by atoms with van der Waals surface area (Å²) >= 11 is 0. The van der Waals surface area contributed by atoms with E-state index in [4.69, 9.17) is 5.73 Å². The topological polar surface area (TPSA) is 83.6 Å². The van der Waals surface area contributed by atoms with Crippen molar-refractivity contribution in [1.82, 2.24) is 4.90 Å². The molecule has 0 aliphatic carbocycles. The van der Waals surface area contributed by atoms with Crippen LogP contribution >= 0.6 is 0 Å². The Kier molecular flexibility index (Phi) is 4.90. The van der Waals surface area contributed by atoms with Crippen LogP contribution in [0.4, 0.5) is 0 Å². The highest BCUT2D eigenvalue weighted by molar-refractivity contribution is 5.96. The van der Waals surface area contributed by atoms with Gasteiger partial charge in [0.05, 0.1) is 5.92 Å². The summed E-state index contributed by atoms with van der Waals surface area (Å²) in [7, 11) is 0. The van der Waals surface area contributed by atoms with Crippen molar-refractivity contribution < 1.29 is 14.7 Å². The predicted octanol–water partition coefficient (Wildman–Crippen LogP) is 2.93. The Balaban J connectivity index is 2.48. The van der Waals surface area contributed by atoms with E-state index in [-0.39, 0.29) is 34.3 Å². The first kappa shape index (κ1) is 19.3. The molecule has 1 atom stereocenters. The summed E-state index contributed by atoms with van der Waals surface area (Å²) < 4.78 is 0. The number of aromatic hydroxyl groups is 1. The minimum absolute atomic E-state index is 0.111. The molecule has 5 nitrogen and oxygen atoms in total. The summed E-state index contributed by atoms with van der Waals surface area (Å²) in [4.78, 5) is 26.0. The molecule has 5 heteroatoms. The molecule has 1 unspecified atom stereocenters. The van der Waals surface area contributed by atoms with Gasteiger partial charge >= 0.3 is 0 Å². The first-order chi connectivity index (χ1) is 11.3. The number of carbonyl (C=O) groups is 2. The third-order valence-electron chi connectivity index (χ3n) is 4.85. The molecule has 1 fully saturated rings. The third-order valence-corrected chi connectivity index (χ3v) is 4.85. The van der Waals surface area contributed by atoms with Gasteiger partial charge in [0.15, 0.2) is 0 Å². The Morgan fingerprint density at radius 1 is 1.08 bits per heavy atom. The number of likely N-dealkylation sites (tertiary alicyclic amines) is 1. The van der Waals surface area contributed by atoms with Gasteiger partial charge in [0.1, 0.15) is 5.75 Å². The maximum Gasteiger partial charge on any atom is 0.253 e. The number of hydrogen-bond donors (Lipinski definition) is 2. The first-order valence-corrected chi connectivity index (χ1v) is 8.79. The van der Waals surface area contributed by atoms with Crippen molar-refractivity contribution in [3.63, 3.8) is 0 Å². The van der Waals surface area contributed by atoms with Crippen molar-refractivity contribution in [3.8, 4) is 5.75 Å². The van der Waals surface area contributed by atoms with Crippen LogP contribution in [0.2, 0.25) is 0 Å². The monoisotopic (exact) mass is 346 g/mol. The molecule has 0 saturated carbocycles. The van der Waals surface area contributed by atoms with Crippen LogP contribution in [0.5, 0.6) is 5.75 Å². The van der Waals surface area contributed by atoms with Gasteiger partial charge in [0, 0.05) is 29.8 Å². The van der Waals surface area contributed by atoms with Gasteiger partial charge in [0.25, 0.3) is 5.91 Å². The van der Waals surface area contributed by atoms with Gasteiger partial charge in [0.2, 0.25) is 5.91 Å². The lowest BCUT2D eigenvalue weighted by Gasteiger charge is -2.28. The normalized spacial score (nSPS) is 18.5. The number of nitrogens with zero attached hydrogens (tertiary/aromatic N) is 1. The minimum atomic E-state index is -0.355. The molecule has 3 N–H and O–H groups in total. The fraction of sp³-hybridized carbons (Fsp3) is 0.600. The van der Waals surface area contributed by atoms with E-state index in [0.29, 0.717) is 25.1 Å². The lowest BCUT2D eigenvalue weighted by Crippen LogP contribution is -2.32. The number of carbonyl (C=O) groups excluding carboxylic acids is 2. The van der Waals surface area contributed by atoms with Gasteiger partial charge in [-0.3, -0.25) is 9.59 Å². The molecular weight excluding hydrogens is 316 g/mol. The second kappa shape index (κ2) is 6.36. The summed E-state index contributed by atoms with van der Waals surface area (Å²) in [5.74, 6) is -0.482. The van der Waals surface area contributed by atoms with Crippen molar-refractivity contribution >= 4 is 11.8 Å². The molecule has 138 valence electrons. The summed E-state index contributed by atoms with van der Waals surface area (Å²) in [6, 6.07) is 3.56. The number of rotatable bonds is 2. The van der Waals surface area contributed by atoms with E-state index in [1.54, 1.807) is 17.0 Å². The van der Waals surface area contributed by atoms with Gasteiger partial charge in [-0.1, -0.05) is 41.5 Å². The molecule has 2 amide bonds. The fourth-order valence-corrected chi connectivity index (χ4v) is 3.26. The highest BCUT2D eigenvalue weighted by Gasteiger charge is 2.33. The maximum absolute atomic E-state index is 13.0. The largest absolute Gasteiger partial charge is 0.507 e. The van der Waals surface area contributed by atoms with Gasteiger partial charge in [-0.05, 0) is 29.4 Å². The Hall–Kier alpha value is -2.04.